The fraction of sp³-hybridized carbons (Fsp3) is 0.333. The van der Waals surface area contributed by atoms with Crippen molar-refractivity contribution in [3.05, 3.63) is 82.6 Å². The van der Waals surface area contributed by atoms with Crippen LogP contribution < -0.4 is 30.2 Å². The van der Waals surface area contributed by atoms with E-state index >= 15 is 0 Å². The third-order valence-electron chi connectivity index (χ3n) is 7.68. The number of rotatable bonds is 11. The zero-order valence-corrected chi connectivity index (χ0v) is 24.6. The van der Waals surface area contributed by atoms with Gasteiger partial charge in [-0.1, -0.05) is 6.07 Å². The first kappa shape index (κ1) is 29.9. The van der Waals surface area contributed by atoms with Crippen molar-refractivity contribution in [1.82, 2.24) is 16.0 Å². The number of halogens is 1. The number of carbonyl (C=O) groups excluding carboxylic acids is 2. The Morgan fingerprint density at radius 1 is 1.05 bits per heavy atom. The molecule has 5 rings (SSSR count). The highest BCUT2D eigenvalue weighted by molar-refractivity contribution is 6.08. The summed E-state index contributed by atoms with van der Waals surface area (Å²) in [5, 5.41) is 9.15. The standard InChI is InChI=1S/C33H36FN3O6/c1-20-26(25-7-6-22(34)16-28(25)27(20)17-31(38)36-18-24-5-4-12-42-24)13-21-14-29(40-2)33(30(15-21)41-3)43-19-32(39)37-23-8-10-35-11-9-23/h4-7,12-16,23,35H,8-11,17-19H2,1-3H3,(H,36,38)(H,37,39). The van der Waals surface area contributed by atoms with E-state index in [0.29, 0.717) is 28.6 Å². The summed E-state index contributed by atoms with van der Waals surface area (Å²) in [4.78, 5) is 25.4. The molecule has 2 aliphatic rings. The highest BCUT2D eigenvalue weighted by Gasteiger charge is 2.26. The highest BCUT2D eigenvalue weighted by atomic mass is 19.1. The Hall–Kier alpha value is -4.57. The number of piperidine rings is 1. The van der Waals surface area contributed by atoms with Gasteiger partial charge in [0.25, 0.3) is 5.91 Å². The van der Waals surface area contributed by atoms with Crippen LogP contribution >= 0.6 is 0 Å². The molecular formula is C33H36FN3O6. The fourth-order valence-electron chi connectivity index (χ4n) is 5.47. The number of nitrogens with one attached hydrogen (secondary N) is 3. The molecule has 43 heavy (non-hydrogen) atoms. The van der Waals surface area contributed by atoms with E-state index in [2.05, 4.69) is 16.0 Å². The van der Waals surface area contributed by atoms with E-state index in [-0.39, 0.29) is 43.2 Å². The summed E-state index contributed by atoms with van der Waals surface area (Å²) >= 11 is 0. The first-order valence-electron chi connectivity index (χ1n) is 14.3. The molecule has 1 aliphatic carbocycles. The second kappa shape index (κ2) is 13.6. The summed E-state index contributed by atoms with van der Waals surface area (Å²) in [5.74, 6) is 0.984. The molecule has 2 aromatic carbocycles. The van der Waals surface area contributed by atoms with Crippen LogP contribution in [0.5, 0.6) is 17.2 Å². The van der Waals surface area contributed by atoms with Gasteiger partial charge in [0.1, 0.15) is 11.6 Å². The Bertz CT molecular complexity index is 1510. The fourth-order valence-corrected chi connectivity index (χ4v) is 5.47. The highest BCUT2D eigenvalue weighted by Crippen LogP contribution is 2.45. The number of furan rings is 1. The minimum absolute atomic E-state index is 0.0825. The van der Waals surface area contributed by atoms with Crippen molar-refractivity contribution in [3.63, 3.8) is 0 Å². The van der Waals surface area contributed by atoms with E-state index in [1.807, 2.05) is 13.0 Å². The second-order valence-corrected chi connectivity index (χ2v) is 10.5. The molecule has 0 saturated carbocycles. The van der Waals surface area contributed by atoms with Crippen LogP contribution in [0, 0.1) is 5.82 Å². The number of benzene rings is 2. The van der Waals surface area contributed by atoms with E-state index in [1.54, 1.807) is 36.6 Å². The van der Waals surface area contributed by atoms with E-state index < -0.39 is 0 Å². The van der Waals surface area contributed by atoms with Gasteiger partial charge in [-0.3, -0.25) is 9.59 Å². The quantitative estimate of drug-likeness (QED) is 0.297. The Balaban J connectivity index is 1.38. The molecule has 1 aromatic heterocycles. The minimum Gasteiger partial charge on any atom is -0.493 e. The van der Waals surface area contributed by atoms with Crippen molar-refractivity contribution >= 4 is 29.0 Å². The zero-order chi connectivity index (χ0) is 30.3. The lowest BCUT2D eigenvalue weighted by Crippen LogP contribution is -2.44. The topological polar surface area (TPSA) is 111 Å². The third-order valence-corrected chi connectivity index (χ3v) is 7.68. The molecule has 1 saturated heterocycles. The smallest absolute Gasteiger partial charge is 0.258 e. The number of amides is 2. The van der Waals surface area contributed by atoms with Gasteiger partial charge in [-0.05, 0) is 109 Å². The van der Waals surface area contributed by atoms with Crippen molar-refractivity contribution in [2.24, 2.45) is 0 Å². The molecule has 0 radical (unpaired) electrons. The maximum atomic E-state index is 14.4. The average Bonchev–Trinajstić information content (AvgIpc) is 3.62. The predicted molar refractivity (Wildman–Crippen MR) is 161 cm³/mol. The Morgan fingerprint density at radius 2 is 1.79 bits per heavy atom. The summed E-state index contributed by atoms with van der Waals surface area (Å²) in [6.07, 6.45) is 5.33. The van der Waals surface area contributed by atoms with Crippen LogP contribution in [0.3, 0.4) is 0 Å². The Morgan fingerprint density at radius 3 is 2.47 bits per heavy atom. The number of hydrogen-bond acceptors (Lipinski definition) is 7. The summed E-state index contributed by atoms with van der Waals surface area (Å²) in [6.45, 7) is 3.76. The van der Waals surface area contributed by atoms with E-state index in [0.717, 1.165) is 53.8 Å². The SMILES string of the molecule is COc1cc(C=C2C(C)=C(CC(=O)NCc3ccco3)c3cc(F)ccc32)cc(OC)c1OCC(=O)NC1CCNCC1. The Kier molecular flexibility index (Phi) is 9.46. The molecule has 1 fully saturated rings. The first-order chi connectivity index (χ1) is 20.9. The van der Waals surface area contributed by atoms with Crippen molar-refractivity contribution in [2.75, 3.05) is 33.9 Å². The van der Waals surface area contributed by atoms with E-state index in [4.69, 9.17) is 18.6 Å². The number of methoxy groups -OCH3 is 2. The molecule has 1 aliphatic heterocycles. The maximum Gasteiger partial charge on any atom is 0.258 e. The van der Waals surface area contributed by atoms with Crippen molar-refractivity contribution in [2.45, 2.75) is 38.8 Å². The lowest BCUT2D eigenvalue weighted by molar-refractivity contribution is -0.124. The number of hydrogen-bond donors (Lipinski definition) is 3. The van der Waals surface area contributed by atoms with Crippen LogP contribution in [-0.2, 0) is 16.1 Å². The summed E-state index contributed by atoms with van der Waals surface area (Å²) in [6, 6.07) is 11.8. The summed E-state index contributed by atoms with van der Waals surface area (Å²) in [5.41, 5.74) is 4.70. The van der Waals surface area contributed by atoms with Crippen LogP contribution in [0.15, 0.2) is 58.7 Å². The molecule has 2 heterocycles. The molecule has 2 amide bonds. The molecule has 3 N–H and O–H groups in total. The van der Waals surface area contributed by atoms with E-state index in [1.165, 1.54) is 26.4 Å². The van der Waals surface area contributed by atoms with Crippen molar-refractivity contribution < 1.29 is 32.6 Å². The zero-order valence-electron chi connectivity index (χ0n) is 24.6. The summed E-state index contributed by atoms with van der Waals surface area (Å²) in [7, 11) is 3.04. The van der Waals surface area contributed by atoms with Gasteiger partial charge in [0.2, 0.25) is 11.7 Å². The number of allylic oxidation sites excluding steroid dienone is 2. The lowest BCUT2D eigenvalue weighted by Gasteiger charge is -2.23. The van der Waals surface area contributed by atoms with Crippen LogP contribution in [0.2, 0.25) is 0 Å². The monoisotopic (exact) mass is 589 g/mol. The Labute approximate surface area is 250 Å². The largest absolute Gasteiger partial charge is 0.493 e. The molecular weight excluding hydrogens is 553 g/mol. The van der Waals surface area contributed by atoms with Gasteiger partial charge < -0.3 is 34.6 Å². The van der Waals surface area contributed by atoms with Gasteiger partial charge in [0, 0.05) is 6.04 Å². The maximum absolute atomic E-state index is 14.4. The molecule has 226 valence electrons. The molecule has 3 aromatic rings. The lowest BCUT2D eigenvalue weighted by atomic mass is 10.00. The van der Waals surface area contributed by atoms with E-state index in [9.17, 15) is 14.0 Å². The molecule has 0 unspecified atom stereocenters. The molecule has 9 nitrogen and oxygen atoms in total. The van der Waals surface area contributed by atoms with Gasteiger partial charge >= 0.3 is 0 Å². The van der Waals surface area contributed by atoms with Crippen LogP contribution in [0.1, 0.15) is 48.6 Å². The second-order valence-electron chi connectivity index (χ2n) is 10.5. The predicted octanol–water partition coefficient (Wildman–Crippen LogP) is 4.72. The first-order valence-corrected chi connectivity index (χ1v) is 14.3. The molecule has 0 spiro atoms. The van der Waals surface area contributed by atoms with Gasteiger partial charge in [0.05, 0.1) is 33.4 Å². The molecule has 0 atom stereocenters. The van der Waals surface area contributed by atoms with Gasteiger partial charge in [0.15, 0.2) is 18.1 Å². The summed E-state index contributed by atoms with van der Waals surface area (Å²) < 4.78 is 36.8. The van der Waals surface area contributed by atoms with Crippen molar-refractivity contribution in [3.8, 4) is 17.2 Å². The molecule has 10 heteroatoms. The van der Waals surface area contributed by atoms with Gasteiger partial charge in [-0.15, -0.1) is 0 Å². The minimum atomic E-state index is -0.379. The normalized spacial score (nSPS) is 15.8. The molecule has 0 bridgehead atoms. The number of fused-ring (bicyclic) bond motifs is 1. The van der Waals surface area contributed by atoms with Crippen LogP contribution in [-0.4, -0.2) is 51.8 Å². The van der Waals surface area contributed by atoms with Crippen molar-refractivity contribution in [1.29, 1.82) is 0 Å². The third kappa shape index (κ3) is 7.09. The van der Waals surface area contributed by atoms with Crippen LogP contribution in [0.25, 0.3) is 17.2 Å². The van der Waals surface area contributed by atoms with Gasteiger partial charge in [-0.25, -0.2) is 4.39 Å². The number of carbonyl (C=O) groups is 2. The average molecular weight is 590 g/mol. The van der Waals surface area contributed by atoms with Crippen LogP contribution in [0.4, 0.5) is 4.39 Å². The number of ether oxygens (including phenoxy) is 3. The van der Waals surface area contributed by atoms with Gasteiger partial charge in [-0.2, -0.15) is 0 Å².